The van der Waals surface area contributed by atoms with Crippen molar-refractivity contribution < 1.29 is 4.39 Å². The molecule has 2 heterocycles. The molecule has 0 unspecified atom stereocenters. The van der Waals surface area contributed by atoms with Crippen LogP contribution < -0.4 is 0 Å². The molecule has 0 aliphatic heterocycles. The van der Waals surface area contributed by atoms with Crippen molar-refractivity contribution in [3.05, 3.63) is 64.0 Å². The van der Waals surface area contributed by atoms with Crippen LogP contribution in [0.5, 0.6) is 0 Å². The first-order valence-corrected chi connectivity index (χ1v) is 7.39. The van der Waals surface area contributed by atoms with E-state index in [0.29, 0.717) is 6.54 Å². The van der Waals surface area contributed by atoms with Gasteiger partial charge in [0.1, 0.15) is 11.6 Å². The summed E-state index contributed by atoms with van der Waals surface area (Å²) in [5, 5.41) is 2.02. The van der Waals surface area contributed by atoms with Gasteiger partial charge in [0.05, 0.1) is 4.88 Å². The summed E-state index contributed by atoms with van der Waals surface area (Å²) in [6.07, 6.45) is 3.68. The number of imidazole rings is 1. The minimum atomic E-state index is -0.234. The average molecular weight is 337 g/mol. The molecule has 0 aliphatic rings. The molecule has 0 aliphatic carbocycles. The second-order valence-corrected chi connectivity index (χ2v) is 6.00. The van der Waals surface area contributed by atoms with E-state index in [0.717, 1.165) is 20.7 Å². The maximum absolute atomic E-state index is 13.4. The molecule has 0 spiro atoms. The fourth-order valence-corrected chi connectivity index (χ4v) is 3.22. The maximum atomic E-state index is 13.4. The predicted octanol–water partition coefficient (Wildman–Crippen LogP) is 4.56. The highest BCUT2D eigenvalue weighted by Crippen LogP contribution is 2.24. The lowest BCUT2D eigenvalue weighted by Gasteiger charge is -2.07. The lowest BCUT2D eigenvalue weighted by molar-refractivity contribution is 0.622. The minimum Gasteiger partial charge on any atom is -0.326 e. The molecule has 0 radical (unpaired) electrons. The van der Waals surface area contributed by atoms with Gasteiger partial charge in [0.2, 0.25) is 0 Å². The molecule has 0 saturated heterocycles. The maximum Gasteiger partial charge on any atom is 0.150 e. The van der Waals surface area contributed by atoms with Crippen molar-refractivity contribution in [1.29, 1.82) is 0 Å². The molecule has 3 aromatic rings. The van der Waals surface area contributed by atoms with E-state index in [1.807, 2.05) is 34.3 Å². The molecule has 0 fully saturated rings. The highest BCUT2D eigenvalue weighted by atomic mass is 79.9. The van der Waals surface area contributed by atoms with Gasteiger partial charge in [-0.1, -0.05) is 22.0 Å². The highest BCUT2D eigenvalue weighted by Gasteiger charge is 2.08. The number of benzene rings is 1. The number of nitrogens with zero attached hydrogens (tertiary/aromatic N) is 2. The van der Waals surface area contributed by atoms with Gasteiger partial charge in [-0.3, -0.25) is 0 Å². The van der Waals surface area contributed by atoms with Gasteiger partial charge in [-0.15, -0.1) is 11.3 Å². The summed E-state index contributed by atoms with van der Waals surface area (Å²) in [4.78, 5) is 5.48. The Labute approximate surface area is 122 Å². The van der Waals surface area contributed by atoms with Crippen LogP contribution in [-0.4, -0.2) is 9.55 Å². The Balaban J connectivity index is 1.94. The van der Waals surface area contributed by atoms with E-state index in [-0.39, 0.29) is 5.82 Å². The Hall–Kier alpha value is -1.46. The SMILES string of the molecule is Fc1cc(Br)cc(Cn2ccnc2-c2cccs2)c1. The zero-order chi connectivity index (χ0) is 13.2. The first-order chi connectivity index (χ1) is 9.22. The first kappa shape index (κ1) is 12.6. The first-order valence-electron chi connectivity index (χ1n) is 5.72. The van der Waals surface area contributed by atoms with Crippen molar-refractivity contribution in [3.8, 4) is 10.7 Å². The molecule has 19 heavy (non-hydrogen) atoms. The molecule has 0 amide bonds. The zero-order valence-corrected chi connectivity index (χ0v) is 12.3. The molecule has 0 bridgehead atoms. The van der Waals surface area contributed by atoms with Gasteiger partial charge in [0.25, 0.3) is 0 Å². The Bertz CT molecular complexity index is 671. The van der Waals surface area contributed by atoms with Crippen molar-refractivity contribution in [2.45, 2.75) is 6.54 Å². The number of thiophene rings is 1. The number of hydrogen-bond donors (Lipinski definition) is 0. The third-order valence-corrected chi connectivity index (χ3v) is 4.06. The van der Waals surface area contributed by atoms with E-state index >= 15 is 0 Å². The van der Waals surface area contributed by atoms with Gasteiger partial charge in [-0.25, -0.2) is 9.37 Å². The lowest BCUT2D eigenvalue weighted by atomic mass is 10.2. The predicted molar refractivity (Wildman–Crippen MR) is 78.7 cm³/mol. The summed E-state index contributed by atoms with van der Waals surface area (Å²) >= 11 is 4.96. The topological polar surface area (TPSA) is 17.8 Å². The van der Waals surface area contributed by atoms with E-state index in [1.165, 1.54) is 6.07 Å². The number of rotatable bonds is 3. The summed E-state index contributed by atoms with van der Waals surface area (Å²) in [5.74, 6) is 0.678. The van der Waals surface area contributed by atoms with E-state index < -0.39 is 0 Å². The smallest absolute Gasteiger partial charge is 0.150 e. The molecular weight excluding hydrogens is 327 g/mol. The van der Waals surface area contributed by atoms with Crippen molar-refractivity contribution in [1.82, 2.24) is 9.55 Å². The van der Waals surface area contributed by atoms with Crippen LogP contribution in [0.2, 0.25) is 0 Å². The second-order valence-electron chi connectivity index (χ2n) is 4.13. The van der Waals surface area contributed by atoms with Crippen LogP contribution in [0.15, 0.2) is 52.6 Å². The van der Waals surface area contributed by atoms with Crippen molar-refractivity contribution >= 4 is 27.3 Å². The summed E-state index contributed by atoms with van der Waals surface area (Å²) in [5.41, 5.74) is 0.905. The van der Waals surface area contributed by atoms with Crippen molar-refractivity contribution in [2.75, 3.05) is 0 Å². The molecule has 0 atom stereocenters. The molecule has 0 N–H and O–H groups in total. The molecular formula is C14H10BrFN2S. The van der Waals surface area contributed by atoms with E-state index in [1.54, 1.807) is 23.6 Å². The summed E-state index contributed by atoms with van der Waals surface area (Å²) < 4.78 is 16.1. The standard InChI is InChI=1S/C14H10BrFN2S/c15-11-6-10(7-12(16)8-11)9-18-4-3-17-14(18)13-2-1-5-19-13/h1-8H,9H2. The monoisotopic (exact) mass is 336 g/mol. The molecule has 1 aromatic carbocycles. The van der Waals surface area contributed by atoms with E-state index in [9.17, 15) is 4.39 Å². The fourth-order valence-electron chi connectivity index (χ4n) is 1.97. The Kier molecular flexibility index (Phi) is 3.48. The molecule has 2 aromatic heterocycles. The highest BCUT2D eigenvalue weighted by molar-refractivity contribution is 9.10. The zero-order valence-electron chi connectivity index (χ0n) is 9.88. The van der Waals surface area contributed by atoms with Crippen LogP contribution in [0.1, 0.15) is 5.56 Å². The molecule has 5 heteroatoms. The van der Waals surface area contributed by atoms with Gasteiger partial charge in [0.15, 0.2) is 0 Å². The quantitative estimate of drug-likeness (QED) is 0.685. The Morgan fingerprint density at radius 1 is 1.32 bits per heavy atom. The van der Waals surface area contributed by atoms with Crippen LogP contribution >= 0.6 is 27.3 Å². The number of halogens is 2. The molecule has 96 valence electrons. The average Bonchev–Trinajstić information content (AvgIpc) is 2.96. The van der Waals surface area contributed by atoms with Crippen LogP contribution in [0, 0.1) is 5.82 Å². The van der Waals surface area contributed by atoms with Crippen LogP contribution in [0.4, 0.5) is 4.39 Å². The summed E-state index contributed by atoms with van der Waals surface area (Å²) in [6, 6.07) is 8.95. The van der Waals surface area contributed by atoms with E-state index in [2.05, 4.69) is 20.9 Å². The third kappa shape index (κ3) is 2.77. The fraction of sp³-hybridized carbons (Fsp3) is 0.0714. The molecule has 3 rings (SSSR count). The normalized spacial score (nSPS) is 10.8. The van der Waals surface area contributed by atoms with Crippen molar-refractivity contribution in [2.24, 2.45) is 0 Å². The summed E-state index contributed by atoms with van der Waals surface area (Å²) in [7, 11) is 0. The second kappa shape index (κ2) is 5.27. The number of hydrogen-bond acceptors (Lipinski definition) is 2. The Morgan fingerprint density at radius 2 is 2.21 bits per heavy atom. The van der Waals surface area contributed by atoms with Gasteiger partial charge in [-0.05, 0) is 35.2 Å². The minimum absolute atomic E-state index is 0.234. The lowest BCUT2D eigenvalue weighted by Crippen LogP contribution is -2.00. The van der Waals surface area contributed by atoms with Crippen LogP contribution in [0.25, 0.3) is 10.7 Å². The molecule has 0 saturated carbocycles. The molecule has 2 nitrogen and oxygen atoms in total. The van der Waals surface area contributed by atoms with Gasteiger partial charge < -0.3 is 4.57 Å². The largest absolute Gasteiger partial charge is 0.326 e. The van der Waals surface area contributed by atoms with Gasteiger partial charge in [0, 0.05) is 23.4 Å². The van der Waals surface area contributed by atoms with Crippen LogP contribution in [0.3, 0.4) is 0 Å². The van der Waals surface area contributed by atoms with Gasteiger partial charge in [-0.2, -0.15) is 0 Å². The van der Waals surface area contributed by atoms with E-state index in [4.69, 9.17) is 0 Å². The third-order valence-electron chi connectivity index (χ3n) is 2.73. The van der Waals surface area contributed by atoms with Gasteiger partial charge >= 0.3 is 0 Å². The van der Waals surface area contributed by atoms with Crippen LogP contribution in [-0.2, 0) is 6.54 Å². The van der Waals surface area contributed by atoms with Crippen molar-refractivity contribution in [3.63, 3.8) is 0 Å². The summed E-state index contributed by atoms with van der Waals surface area (Å²) in [6.45, 7) is 0.601. The Morgan fingerprint density at radius 3 is 2.95 bits per heavy atom. The number of aromatic nitrogens is 2.